The fourth-order valence-electron chi connectivity index (χ4n) is 2.92. The Kier molecular flexibility index (Phi) is 3.49. The van der Waals surface area contributed by atoms with E-state index in [1.165, 1.54) is 36.8 Å². The zero-order valence-electron chi connectivity index (χ0n) is 10.8. The van der Waals surface area contributed by atoms with Gasteiger partial charge in [-0.05, 0) is 61.8 Å². The summed E-state index contributed by atoms with van der Waals surface area (Å²) in [4.78, 5) is 0. The summed E-state index contributed by atoms with van der Waals surface area (Å²) in [7, 11) is 1.75. The number of piperidine rings is 1. The largest absolute Gasteiger partial charge is 0.496 e. The predicted molar refractivity (Wildman–Crippen MR) is 74.8 cm³/mol. The lowest BCUT2D eigenvalue weighted by Crippen LogP contribution is -2.28. The molecule has 2 nitrogen and oxygen atoms in total. The van der Waals surface area contributed by atoms with Crippen molar-refractivity contribution < 1.29 is 4.74 Å². The van der Waals surface area contributed by atoms with Crippen LogP contribution in [0.4, 0.5) is 0 Å². The molecule has 18 heavy (non-hydrogen) atoms. The number of halogens is 1. The maximum atomic E-state index is 6.47. The van der Waals surface area contributed by atoms with Crippen molar-refractivity contribution in [1.29, 1.82) is 0 Å². The van der Waals surface area contributed by atoms with E-state index in [4.69, 9.17) is 16.3 Å². The third kappa shape index (κ3) is 2.36. The van der Waals surface area contributed by atoms with E-state index in [9.17, 15) is 0 Å². The minimum Gasteiger partial charge on any atom is -0.496 e. The van der Waals surface area contributed by atoms with Crippen LogP contribution in [-0.2, 0) is 0 Å². The normalized spacial score (nSPS) is 24.0. The Bertz CT molecular complexity index is 436. The van der Waals surface area contributed by atoms with Crippen LogP contribution < -0.4 is 10.1 Å². The highest BCUT2D eigenvalue weighted by Crippen LogP contribution is 2.48. The van der Waals surface area contributed by atoms with E-state index in [0.717, 1.165) is 23.9 Å². The van der Waals surface area contributed by atoms with Gasteiger partial charge in [0.15, 0.2) is 0 Å². The van der Waals surface area contributed by atoms with E-state index in [1.807, 2.05) is 0 Å². The molecule has 3 heteroatoms. The minimum absolute atomic E-state index is 0.582. The maximum Gasteiger partial charge on any atom is 0.124 e. The van der Waals surface area contributed by atoms with Gasteiger partial charge in [0, 0.05) is 17.1 Å². The van der Waals surface area contributed by atoms with E-state index in [0.29, 0.717) is 11.8 Å². The zero-order chi connectivity index (χ0) is 12.5. The molecule has 98 valence electrons. The lowest BCUT2D eigenvalue weighted by molar-refractivity contribution is 0.406. The van der Waals surface area contributed by atoms with Crippen molar-refractivity contribution in [3.05, 3.63) is 28.3 Å². The van der Waals surface area contributed by atoms with E-state index < -0.39 is 0 Å². The molecule has 1 aromatic rings. The Morgan fingerprint density at radius 2 is 2.06 bits per heavy atom. The molecule has 1 aromatic carbocycles. The third-order valence-corrected chi connectivity index (χ3v) is 4.40. The van der Waals surface area contributed by atoms with Crippen LogP contribution in [-0.4, -0.2) is 20.2 Å². The second kappa shape index (κ2) is 5.10. The number of ether oxygens (including phenoxy) is 1. The van der Waals surface area contributed by atoms with Crippen LogP contribution in [0.5, 0.6) is 5.75 Å². The molecule has 1 saturated carbocycles. The molecule has 3 rings (SSSR count). The van der Waals surface area contributed by atoms with Gasteiger partial charge in [-0.1, -0.05) is 11.6 Å². The Hall–Kier alpha value is -0.730. The van der Waals surface area contributed by atoms with E-state index in [-0.39, 0.29) is 0 Å². The second-order valence-corrected chi connectivity index (χ2v) is 5.84. The van der Waals surface area contributed by atoms with Gasteiger partial charge in [0.1, 0.15) is 5.75 Å². The highest BCUT2D eigenvalue weighted by molar-refractivity contribution is 6.31. The number of nitrogens with one attached hydrogen (secondary N) is 1. The molecule has 1 unspecified atom stereocenters. The summed E-state index contributed by atoms with van der Waals surface area (Å²) in [6.07, 6.45) is 4.99. The summed E-state index contributed by atoms with van der Waals surface area (Å²) in [6, 6.07) is 4.37. The van der Waals surface area contributed by atoms with Crippen molar-refractivity contribution in [3.8, 4) is 5.75 Å². The van der Waals surface area contributed by atoms with Gasteiger partial charge in [0.25, 0.3) is 0 Å². The molecule has 2 aliphatic rings. The van der Waals surface area contributed by atoms with Crippen LogP contribution in [0.1, 0.15) is 48.6 Å². The van der Waals surface area contributed by atoms with Crippen molar-refractivity contribution in [3.63, 3.8) is 0 Å². The van der Waals surface area contributed by atoms with E-state index in [1.54, 1.807) is 7.11 Å². The van der Waals surface area contributed by atoms with Crippen molar-refractivity contribution in [2.75, 3.05) is 20.2 Å². The van der Waals surface area contributed by atoms with Crippen LogP contribution in [0.15, 0.2) is 12.1 Å². The van der Waals surface area contributed by atoms with Crippen LogP contribution in [0.25, 0.3) is 0 Å². The van der Waals surface area contributed by atoms with Gasteiger partial charge < -0.3 is 10.1 Å². The van der Waals surface area contributed by atoms with Gasteiger partial charge in [-0.15, -0.1) is 0 Å². The summed E-state index contributed by atoms with van der Waals surface area (Å²) < 4.78 is 5.55. The summed E-state index contributed by atoms with van der Waals surface area (Å²) >= 11 is 6.47. The molecule has 1 N–H and O–H groups in total. The highest BCUT2D eigenvalue weighted by atomic mass is 35.5. The number of rotatable bonds is 3. The molecular formula is C15H20ClNO. The van der Waals surface area contributed by atoms with Crippen LogP contribution >= 0.6 is 11.6 Å². The van der Waals surface area contributed by atoms with Crippen LogP contribution in [0.3, 0.4) is 0 Å². The Balaban J connectivity index is 1.93. The Labute approximate surface area is 114 Å². The molecule has 1 aliphatic carbocycles. The topological polar surface area (TPSA) is 21.3 Å². The summed E-state index contributed by atoms with van der Waals surface area (Å²) in [5.74, 6) is 2.20. The number of benzene rings is 1. The van der Waals surface area contributed by atoms with Crippen LogP contribution in [0, 0.1) is 0 Å². The highest BCUT2D eigenvalue weighted by Gasteiger charge is 2.30. The van der Waals surface area contributed by atoms with Crippen molar-refractivity contribution in [1.82, 2.24) is 5.32 Å². The molecule has 0 spiro atoms. The molecule has 0 aromatic heterocycles. The average Bonchev–Trinajstić information content (AvgIpc) is 3.23. The van der Waals surface area contributed by atoms with Gasteiger partial charge in [-0.2, -0.15) is 0 Å². The van der Waals surface area contributed by atoms with Crippen molar-refractivity contribution in [2.45, 2.75) is 37.5 Å². The molecule has 0 amide bonds. The lowest BCUT2D eigenvalue weighted by atomic mass is 9.90. The van der Waals surface area contributed by atoms with Crippen molar-refractivity contribution in [2.24, 2.45) is 0 Å². The molecular weight excluding hydrogens is 246 g/mol. The van der Waals surface area contributed by atoms with Gasteiger partial charge in [0.2, 0.25) is 0 Å². The van der Waals surface area contributed by atoms with Crippen molar-refractivity contribution >= 4 is 11.6 Å². The minimum atomic E-state index is 0.582. The smallest absolute Gasteiger partial charge is 0.124 e. The summed E-state index contributed by atoms with van der Waals surface area (Å²) in [5.41, 5.74) is 2.56. The molecule has 1 aliphatic heterocycles. The summed E-state index contributed by atoms with van der Waals surface area (Å²) in [6.45, 7) is 2.20. The van der Waals surface area contributed by atoms with Gasteiger partial charge in [-0.25, -0.2) is 0 Å². The molecule has 1 saturated heterocycles. The molecule has 1 heterocycles. The van der Waals surface area contributed by atoms with Gasteiger partial charge in [-0.3, -0.25) is 0 Å². The Morgan fingerprint density at radius 3 is 2.67 bits per heavy atom. The third-order valence-electron chi connectivity index (χ3n) is 4.09. The number of hydrogen-bond donors (Lipinski definition) is 1. The molecule has 2 fully saturated rings. The van der Waals surface area contributed by atoms with E-state index in [2.05, 4.69) is 17.4 Å². The molecule has 0 bridgehead atoms. The molecule has 1 atom stereocenters. The first kappa shape index (κ1) is 12.3. The summed E-state index contributed by atoms with van der Waals surface area (Å²) in [5, 5.41) is 4.36. The standard InChI is InChI=1S/C15H20ClNO/c1-18-14-8-12(11-3-2-6-17-9-11)7-13(16)15(14)10-4-5-10/h7-8,10-11,17H,2-6,9H2,1H3. The maximum absolute atomic E-state index is 6.47. The molecule has 0 radical (unpaired) electrons. The SMILES string of the molecule is COc1cc(C2CCCNC2)cc(Cl)c1C1CC1. The number of hydrogen-bond acceptors (Lipinski definition) is 2. The number of methoxy groups -OCH3 is 1. The first-order valence-corrected chi connectivity index (χ1v) is 7.25. The lowest BCUT2D eigenvalue weighted by Gasteiger charge is -2.24. The van der Waals surface area contributed by atoms with Crippen LogP contribution in [0.2, 0.25) is 5.02 Å². The first-order valence-electron chi connectivity index (χ1n) is 6.87. The van der Waals surface area contributed by atoms with E-state index >= 15 is 0 Å². The fraction of sp³-hybridized carbons (Fsp3) is 0.600. The predicted octanol–water partition coefficient (Wildman–Crippen LogP) is 3.69. The quantitative estimate of drug-likeness (QED) is 0.900. The average molecular weight is 266 g/mol. The zero-order valence-corrected chi connectivity index (χ0v) is 11.6. The Morgan fingerprint density at radius 1 is 1.22 bits per heavy atom. The second-order valence-electron chi connectivity index (χ2n) is 5.44. The van der Waals surface area contributed by atoms with Gasteiger partial charge in [0.05, 0.1) is 7.11 Å². The van der Waals surface area contributed by atoms with Gasteiger partial charge >= 0.3 is 0 Å². The first-order chi connectivity index (χ1) is 8.79. The monoisotopic (exact) mass is 265 g/mol. The fourth-order valence-corrected chi connectivity index (χ4v) is 3.30.